The lowest BCUT2D eigenvalue weighted by Gasteiger charge is -2.28. The van der Waals surface area contributed by atoms with Crippen molar-refractivity contribution in [1.29, 1.82) is 0 Å². The second-order valence-electron chi connectivity index (χ2n) is 6.82. The Morgan fingerprint density at radius 2 is 1.96 bits per heavy atom. The van der Waals surface area contributed by atoms with E-state index in [4.69, 9.17) is 0 Å². The summed E-state index contributed by atoms with van der Waals surface area (Å²) in [5, 5.41) is 4.38. The van der Waals surface area contributed by atoms with Crippen molar-refractivity contribution in [2.45, 2.75) is 38.6 Å². The summed E-state index contributed by atoms with van der Waals surface area (Å²) < 4.78 is 1.74. The van der Waals surface area contributed by atoms with Gasteiger partial charge in [-0.2, -0.15) is 5.10 Å². The second-order valence-corrected chi connectivity index (χ2v) is 6.82. The highest BCUT2D eigenvalue weighted by atomic mass is 16.2. The first-order chi connectivity index (χ1) is 11.2. The smallest absolute Gasteiger partial charge is 0.257 e. The van der Waals surface area contributed by atoms with Crippen LogP contribution in [0, 0.1) is 18.8 Å². The minimum absolute atomic E-state index is 0.0912. The summed E-state index contributed by atoms with van der Waals surface area (Å²) in [7, 11) is 1.96. The predicted molar refractivity (Wildman–Crippen MR) is 87.4 cm³/mol. The number of rotatable bonds is 5. The molecule has 23 heavy (non-hydrogen) atoms. The van der Waals surface area contributed by atoms with E-state index in [-0.39, 0.29) is 5.91 Å². The van der Waals surface area contributed by atoms with Crippen LogP contribution in [0.1, 0.15) is 41.7 Å². The molecule has 1 amide bonds. The quantitative estimate of drug-likeness (QED) is 0.853. The van der Waals surface area contributed by atoms with Crippen molar-refractivity contribution in [3.63, 3.8) is 0 Å². The Labute approximate surface area is 136 Å². The van der Waals surface area contributed by atoms with Gasteiger partial charge in [-0.05, 0) is 56.6 Å². The number of hydrogen-bond donors (Lipinski definition) is 0. The Morgan fingerprint density at radius 1 is 1.26 bits per heavy atom. The van der Waals surface area contributed by atoms with Gasteiger partial charge in [-0.3, -0.25) is 4.79 Å². The fourth-order valence-corrected chi connectivity index (χ4v) is 3.55. The standard InChI is InChI=1S/C18H22N4O/c1-12-15(11-20-22(12)16-5-3-4-10-19-16)18(23)21(2)17(13-6-7-13)14-8-9-14/h3-5,10-11,13-14,17H,6-9H2,1-2H3. The van der Waals surface area contributed by atoms with E-state index in [1.165, 1.54) is 25.7 Å². The van der Waals surface area contributed by atoms with E-state index in [9.17, 15) is 4.79 Å². The summed E-state index contributed by atoms with van der Waals surface area (Å²) in [4.78, 5) is 19.3. The van der Waals surface area contributed by atoms with E-state index in [0.717, 1.165) is 11.5 Å². The summed E-state index contributed by atoms with van der Waals surface area (Å²) in [6.45, 7) is 1.94. The highest BCUT2D eigenvalue weighted by molar-refractivity contribution is 5.95. The topological polar surface area (TPSA) is 51.0 Å². The SMILES string of the molecule is Cc1c(C(=O)N(C)C(C2CC2)C2CC2)cnn1-c1ccccn1. The first kappa shape index (κ1) is 14.4. The van der Waals surface area contributed by atoms with Crippen LogP contribution in [-0.2, 0) is 0 Å². The van der Waals surface area contributed by atoms with Crippen LogP contribution in [0.4, 0.5) is 0 Å². The molecule has 0 atom stereocenters. The summed E-state index contributed by atoms with van der Waals surface area (Å²) in [6, 6.07) is 6.11. The van der Waals surface area contributed by atoms with Crippen LogP contribution in [0.3, 0.4) is 0 Å². The number of carbonyl (C=O) groups excluding carboxylic acids is 1. The van der Waals surface area contributed by atoms with Gasteiger partial charge in [-0.1, -0.05) is 6.07 Å². The number of hydrogen-bond acceptors (Lipinski definition) is 3. The summed E-state index contributed by atoms with van der Waals surface area (Å²) >= 11 is 0. The molecule has 0 bridgehead atoms. The maximum atomic E-state index is 13.0. The van der Waals surface area contributed by atoms with Crippen LogP contribution in [-0.4, -0.2) is 38.7 Å². The molecule has 2 aliphatic rings. The molecule has 5 heteroatoms. The van der Waals surface area contributed by atoms with Gasteiger partial charge in [0.15, 0.2) is 5.82 Å². The van der Waals surface area contributed by atoms with Crippen LogP contribution < -0.4 is 0 Å². The molecule has 0 unspecified atom stereocenters. The van der Waals surface area contributed by atoms with Crippen LogP contribution in [0.25, 0.3) is 5.82 Å². The zero-order valence-electron chi connectivity index (χ0n) is 13.6. The predicted octanol–water partition coefficient (Wildman–Crippen LogP) is 2.84. The normalized spacial score (nSPS) is 17.5. The molecule has 0 aliphatic heterocycles. The molecule has 2 saturated carbocycles. The molecule has 0 aromatic carbocycles. The number of amides is 1. The molecule has 2 heterocycles. The molecule has 0 N–H and O–H groups in total. The van der Waals surface area contributed by atoms with Crippen molar-refractivity contribution in [2.75, 3.05) is 7.05 Å². The Morgan fingerprint density at radius 3 is 2.52 bits per heavy atom. The minimum Gasteiger partial charge on any atom is -0.338 e. The van der Waals surface area contributed by atoms with E-state index in [1.54, 1.807) is 17.1 Å². The maximum Gasteiger partial charge on any atom is 0.257 e. The van der Waals surface area contributed by atoms with Gasteiger partial charge in [0.05, 0.1) is 17.5 Å². The lowest BCUT2D eigenvalue weighted by Crippen LogP contribution is -2.40. The number of nitrogens with zero attached hydrogens (tertiary/aromatic N) is 4. The number of aromatic nitrogens is 3. The fraction of sp³-hybridized carbons (Fsp3) is 0.500. The molecule has 4 rings (SSSR count). The first-order valence-corrected chi connectivity index (χ1v) is 8.40. The molecule has 2 aliphatic carbocycles. The molecule has 2 aromatic heterocycles. The van der Waals surface area contributed by atoms with Gasteiger partial charge < -0.3 is 4.90 Å². The van der Waals surface area contributed by atoms with Crippen LogP contribution in [0.2, 0.25) is 0 Å². The van der Waals surface area contributed by atoms with Crippen molar-refractivity contribution >= 4 is 5.91 Å². The van der Waals surface area contributed by atoms with Crippen LogP contribution in [0.5, 0.6) is 0 Å². The average molecular weight is 310 g/mol. The molecule has 2 aromatic rings. The Kier molecular flexibility index (Phi) is 3.43. The zero-order chi connectivity index (χ0) is 16.0. The lowest BCUT2D eigenvalue weighted by atomic mass is 10.0. The van der Waals surface area contributed by atoms with E-state index in [0.29, 0.717) is 23.4 Å². The molecule has 120 valence electrons. The van der Waals surface area contributed by atoms with Crippen molar-refractivity contribution < 1.29 is 4.79 Å². The van der Waals surface area contributed by atoms with E-state index in [1.807, 2.05) is 37.1 Å². The van der Waals surface area contributed by atoms with Crippen LogP contribution >= 0.6 is 0 Å². The lowest BCUT2D eigenvalue weighted by molar-refractivity contribution is 0.0689. The van der Waals surface area contributed by atoms with Crippen molar-refractivity contribution in [2.24, 2.45) is 11.8 Å². The van der Waals surface area contributed by atoms with Crippen LogP contribution in [0.15, 0.2) is 30.6 Å². The molecular formula is C18H22N4O. The molecular weight excluding hydrogens is 288 g/mol. The number of carbonyl (C=O) groups is 1. The van der Waals surface area contributed by atoms with Gasteiger partial charge in [-0.25, -0.2) is 9.67 Å². The van der Waals surface area contributed by atoms with Gasteiger partial charge in [0.25, 0.3) is 5.91 Å². The summed E-state index contributed by atoms with van der Waals surface area (Å²) in [5.41, 5.74) is 1.54. The largest absolute Gasteiger partial charge is 0.338 e. The molecule has 0 radical (unpaired) electrons. The van der Waals surface area contributed by atoms with Gasteiger partial charge in [0, 0.05) is 19.3 Å². The zero-order valence-corrected chi connectivity index (χ0v) is 13.6. The third-order valence-corrected chi connectivity index (χ3v) is 5.08. The van der Waals surface area contributed by atoms with E-state index >= 15 is 0 Å². The third-order valence-electron chi connectivity index (χ3n) is 5.08. The molecule has 0 saturated heterocycles. The molecule has 5 nitrogen and oxygen atoms in total. The number of pyridine rings is 1. The highest BCUT2D eigenvalue weighted by Gasteiger charge is 2.45. The van der Waals surface area contributed by atoms with Gasteiger partial charge in [-0.15, -0.1) is 0 Å². The van der Waals surface area contributed by atoms with Gasteiger partial charge in [0.1, 0.15) is 0 Å². The second kappa shape index (κ2) is 5.48. The first-order valence-electron chi connectivity index (χ1n) is 8.40. The van der Waals surface area contributed by atoms with E-state index < -0.39 is 0 Å². The Balaban J connectivity index is 1.60. The monoisotopic (exact) mass is 310 g/mol. The van der Waals surface area contributed by atoms with Crippen molar-refractivity contribution in [3.8, 4) is 5.82 Å². The highest BCUT2D eigenvalue weighted by Crippen LogP contribution is 2.47. The molecule has 2 fully saturated rings. The Bertz CT molecular complexity index is 704. The average Bonchev–Trinajstić information content (AvgIpc) is 3.49. The third kappa shape index (κ3) is 2.64. The maximum absolute atomic E-state index is 13.0. The van der Waals surface area contributed by atoms with E-state index in [2.05, 4.69) is 10.1 Å². The Hall–Kier alpha value is -2.17. The molecule has 0 spiro atoms. The summed E-state index contributed by atoms with van der Waals surface area (Å²) in [6.07, 6.45) is 8.49. The van der Waals surface area contributed by atoms with Crippen molar-refractivity contribution in [1.82, 2.24) is 19.7 Å². The van der Waals surface area contributed by atoms with Gasteiger partial charge >= 0.3 is 0 Å². The minimum atomic E-state index is 0.0912. The fourth-order valence-electron chi connectivity index (χ4n) is 3.55. The van der Waals surface area contributed by atoms with Crippen molar-refractivity contribution in [3.05, 3.63) is 41.9 Å². The van der Waals surface area contributed by atoms with Gasteiger partial charge in [0.2, 0.25) is 0 Å². The summed E-state index contributed by atoms with van der Waals surface area (Å²) in [5.74, 6) is 2.26.